The molecule has 0 spiro atoms. The van der Waals surface area contributed by atoms with Gasteiger partial charge >= 0.3 is 5.97 Å². The van der Waals surface area contributed by atoms with E-state index in [9.17, 15) is 13.2 Å². The minimum absolute atomic E-state index is 0.0108. The number of hydrogen-bond donors (Lipinski definition) is 1. The first-order valence-electron chi connectivity index (χ1n) is 7.35. The Morgan fingerprint density at radius 2 is 1.88 bits per heavy atom. The van der Waals surface area contributed by atoms with Crippen molar-refractivity contribution < 1.29 is 17.9 Å². The Hall–Kier alpha value is -1.89. The molecule has 2 aromatic rings. The molecule has 0 aromatic heterocycles. The van der Waals surface area contributed by atoms with Crippen LogP contribution in [0.1, 0.15) is 24.1 Å². The van der Waals surface area contributed by atoms with Crippen LogP contribution in [-0.2, 0) is 19.6 Å². The highest BCUT2D eigenvalue weighted by molar-refractivity contribution is 7.89. The number of aryl methyl sites for hydroxylation is 1. The molecule has 0 aliphatic rings. The van der Waals surface area contributed by atoms with Gasteiger partial charge < -0.3 is 4.74 Å². The van der Waals surface area contributed by atoms with Gasteiger partial charge in [-0.2, -0.15) is 4.72 Å². The topological polar surface area (TPSA) is 72.5 Å². The molecular weight excluding hydrogens is 350 g/mol. The van der Waals surface area contributed by atoms with Crippen molar-refractivity contribution in [3.05, 3.63) is 64.7 Å². The summed E-state index contributed by atoms with van der Waals surface area (Å²) in [5, 5.41) is 0.338. The van der Waals surface area contributed by atoms with Crippen molar-refractivity contribution >= 4 is 27.6 Å². The van der Waals surface area contributed by atoms with Crippen LogP contribution < -0.4 is 4.72 Å². The number of hydrogen-bond acceptors (Lipinski definition) is 4. The summed E-state index contributed by atoms with van der Waals surface area (Å²) in [5.74, 6) is -0.662. The van der Waals surface area contributed by atoms with Crippen LogP contribution in [0.15, 0.2) is 53.4 Å². The van der Waals surface area contributed by atoms with Crippen LogP contribution in [0.3, 0.4) is 0 Å². The second kappa shape index (κ2) is 7.79. The smallest absolute Gasteiger partial charge is 0.328 e. The SMILES string of the molecule is CCOC(=O)C(NS(=O)(=O)c1ccc(C)c(Cl)c1)c1ccccc1. The molecule has 0 saturated heterocycles. The molecule has 7 heteroatoms. The van der Waals surface area contributed by atoms with Gasteiger partial charge in [0.2, 0.25) is 10.0 Å². The average Bonchev–Trinajstić information content (AvgIpc) is 2.56. The van der Waals surface area contributed by atoms with Gasteiger partial charge in [0.15, 0.2) is 0 Å². The molecule has 2 rings (SSSR count). The zero-order valence-corrected chi connectivity index (χ0v) is 14.9. The summed E-state index contributed by atoms with van der Waals surface area (Å²) in [6.07, 6.45) is 0. The van der Waals surface area contributed by atoms with Crippen molar-refractivity contribution in [2.75, 3.05) is 6.61 Å². The molecule has 128 valence electrons. The molecule has 5 nitrogen and oxygen atoms in total. The van der Waals surface area contributed by atoms with Gasteiger partial charge in [-0.15, -0.1) is 0 Å². The summed E-state index contributed by atoms with van der Waals surface area (Å²) < 4.78 is 32.6. The number of benzene rings is 2. The van der Waals surface area contributed by atoms with E-state index in [-0.39, 0.29) is 11.5 Å². The van der Waals surface area contributed by atoms with Crippen molar-refractivity contribution in [3.8, 4) is 0 Å². The van der Waals surface area contributed by atoms with Crippen molar-refractivity contribution in [3.63, 3.8) is 0 Å². The van der Waals surface area contributed by atoms with Crippen molar-refractivity contribution in [2.45, 2.75) is 24.8 Å². The molecular formula is C17H18ClNO4S. The van der Waals surface area contributed by atoms with E-state index in [2.05, 4.69) is 4.72 Å². The second-order valence-electron chi connectivity index (χ2n) is 5.13. The summed E-state index contributed by atoms with van der Waals surface area (Å²) in [6.45, 7) is 3.59. The Morgan fingerprint density at radius 1 is 1.21 bits per heavy atom. The van der Waals surface area contributed by atoms with Crippen LogP contribution in [0, 0.1) is 6.92 Å². The zero-order chi connectivity index (χ0) is 17.7. The number of carbonyl (C=O) groups is 1. The molecule has 0 aliphatic heterocycles. The minimum atomic E-state index is -3.95. The first-order valence-corrected chi connectivity index (χ1v) is 9.21. The third-order valence-corrected chi connectivity index (χ3v) is 5.21. The number of esters is 1. The van der Waals surface area contributed by atoms with Crippen LogP contribution in [-0.4, -0.2) is 21.0 Å². The van der Waals surface area contributed by atoms with E-state index < -0.39 is 22.0 Å². The van der Waals surface area contributed by atoms with Crippen LogP contribution in [0.4, 0.5) is 0 Å². The van der Waals surface area contributed by atoms with Gasteiger partial charge in [-0.1, -0.05) is 48.0 Å². The summed E-state index contributed by atoms with van der Waals surface area (Å²) in [4.78, 5) is 12.2. The van der Waals surface area contributed by atoms with E-state index in [1.54, 1.807) is 50.2 Å². The molecule has 0 bridgehead atoms. The number of nitrogens with one attached hydrogen (secondary N) is 1. The molecule has 0 heterocycles. The Bertz CT molecular complexity index is 822. The van der Waals surface area contributed by atoms with Gasteiger partial charge in [0.25, 0.3) is 0 Å². The normalized spacial score (nSPS) is 12.6. The van der Waals surface area contributed by atoms with E-state index in [4.69, 9.17) is 16.3 Å². The highest BCUT2D eigenvalue weighted by Crippen LogP contribution is 2.23. The van der Waals surface area contributed by atoms with Gasteiger partial charge in [-0.05, 0) is 37.1 Å². The molecule has 1 N–H and O–H groups in total. The fourth-order valence-electron chi connectivity index (χ4n) is 2.09. The monoisotopic (exact) mass is 367 g/mol. The number of sulfonamides is 1. The summed E-state index contributed by atoms with van der Waals surface area (Å²) in [7, 11) is -3.95. The lowest BCUT2D eigenvalue weighted by Crippen LogP contribution is -2.35. The van der Waals surface area contributed by atoms with Gasteiger partial charge in [-0.25, -0.2) is 13.2 Å². The molecule has 0 amide bonds. The van der Waals surface area contributed by atoms with Gasteiger partial charge in [0.1, 0.15) is 6.04 Å². The highest BCUT2D eigenvalue weighted by Gasteiger charge is 2.28. The largest absolute Gasteiger partial charge is 0.465 e. The molecule has 1 unspecified atom stereocenters. The van der Waals surface area contributed by atoms with Gasteiger partial charge in [-0.3, -0.25) is 0 Å². The number of halogens is 1. The van der Waals surface area contributed by atoms with E-state index in [1.807, 2.05) is 0 Å². The minimum Gasteiger partial charge on any atom is -0.465 e. The maximum atomic E-state index is 12.6. The van der Waals surface area contributed by atoms with Gasteiger partial charge in [0, 0.05) is 5.02 Å². The Labute approximate surface area is 146 Å². The average molecular weight is 368 g/mol. The van der Waals surface area contributed by atoms with E-state index in [1.165, 1.54) is 12.1 Å². The summed E-state index contributed by atoms with van der Waals surface area (Å²) in [6, 6.07) is 11.8. The van der Waals surface area contributed by atoms with Crippen LogP contribution in [0.25, 0.3) is 0 Å². The van der Waals surface area contributed by atoms with Crippen LogP contribution in [0.5, 0.6) is 0 Å². The predicted octanol–water partition coefficient (Wildman–Crippen LogP) is 3.23. The summed E-state index contributed by atoms with van der Waals surface area (Å²) in [5.41, 5.74) is 1.26. The van der Waals surface area contributed by atoms with Crippen LogP contribution in [0.2, 0.25) is 5.02 Å². The van der Waals surface area contributed by atoms with E-state index in [0.717, 1.165) is 5.56 Å². The Kier molecular flexibility index (Phi) is 5.99. The molecule has 1 atom stereocenters. The lowest BCUT2D eigenvalue weighted by atomic mass is 10.1. The predicted molar refractivity (Wildman–Crippen MR) is 92.3 cm³/mol. The summed E-state index contributed by atoms with van der Waals surface area (Å²) >= 11 is 6.00. The van der Waals surface area contributed by atoms with Crippen molar-refractivity contribution in [1.29, 1.82) is 0 Å². The first kappa shape index (κ1) is 18.4. The third kappa shape index (κ3) is 4.35. The number of ether oxygens (including phenoxy) is 1. The van der Waals surface area contributed by atoms with Gasteiger partial charge in [0.05, 0.1) is 11.5 Å². The number of carbonyl (C=O) groups excluding carboxylic acids is 1. The molecule has 0 fully saturated rings. The lowest BCUT2D eigenvalue weighted by Gasteiger charge is -2.18. The fraction of sp³-hybridized carbons (Fsp3) is 0.235. The Morgan fingerprint density at radius 3 is 2.46 bits per heavy atom. The fourth-order valence-corrected chi connectivity index (χ4v) is 3.53. The van der Waals surface area contributed by atoms with Crippen LogP contribution >= 0.6 is 11.6 Å². The third-order valence-electron chi connectivity index (χ3n) is 3.38. The molecule has 0 saturated carbocycles. The van der Waals surface area contributed by atoms with E-state index >= 15 is 0 Å². The Balaban J connectivity index is 2.37. The zero-order valence-electron chi connectivity index (χ0n) is 13.3. The maximum absolute atomic E-state index is 12.6. The molecule has 2 aromatic carbocycles. The molecule has 0 aliphatic carbocycles. The van der Waals surface area contributed by atoms with Crippen molar-refractivity contribution in [2.24, 2.45) is 0 Å². The highest BCUT2D eigenvalue weighted by atomic mass is 35.5. The number of rotatable bonds is 6. The first-order chi connectivity index (χ1) is 11.3. The lowest BCUT2D eigenvalue weighted by molar-refractivity contribution is -0.145. The molecule has 24 heavy (non-hydrogen) atoms. The van der Waals surface area contributed by atoms with E-state index in [0.29, 0.717) is 10.6 Å². The second-order valence-corrected chi connectivity index (χ2v) is 7.25. The maximum Gasteiger partial charge on any atom is 0.328 e. The molecule has 0 radical (unpaired) electrons. The quantitative estimate of drug-likeness (QED) is 0.795. The standard InChI is InChI=1S/C17H18ClNO4S/c1-3-23-17(20)16(13-7-5-4-6-8-13)19-24(21,22)14-10-9-12(2)15(18)11-14/h4-11,16,19H,3H2,1-2H3. The van der Waals surface area contributed by atoms with Crippen molar-refractivity contribution in [1.82, 2.24) is 4.72 Å².